The lowest BCUT2D eigenvalue weighted by Gasteiger charge is -2.21. The second-order valence-electron chi connectivity index (χ2n) is 5.65. The molecule has 0 aromatic heterocycles. The average Bonchev–Trinajstić information content (AvgIpc) is 2.42. The Bertz CT molecular complexity index is 409. The maximum absolute atomic E-state index is 13.8. The number of ether oxygens (including phenoxy) is 1. The molecule has 0 radical (unpaired) electrons. The summed E-state index contributed by atoms with van der Waals surface area (Å²) in [7, 11) is 3.51. The summed E-state index contributed by atoms with van der Waals surface area (Å²) in [5, 5.41) is 10.2. The van der Waals surface area contributed by atoms with E-state index >= 15 is 0 Å². The van der Waals surface area contributed by atoms with Crippen LogP contribution >= 0.6 is 0 Å². The molecule has 0 aliphatic carbocycles. The third-order valence-corrected chi connectivity index (χ3v) is 3.44. The fraction of sp³-hybridized carbons (Fsp3) is 0.625. The van der Waals surface area contributed by atoms with Gasteiger partial charge in [0.2, 0.25) is 0 Å². The van der Waals surface area contributed by atoms with Gasteiger partial charge in [-0.3, -0.25) is 0 Å². The van der Waals surface area contributed by atoms with Crippen molar-refractivity contribution in [3.63, 3.8) is 0 Å². The van der Waals surface area contributed by atoms with Gasteiger partial charge in [0.1, 0.15) is 11.6 Å². The molecule has 0 amide bonds. The number of aliphatic hydroxyl groups is 1. The van der Waals surface area contributed by atoms with Crippen LogP contribution in [0.15, 0.2) is 18.2 Å². The molecule has 20 heavy (non-hydrogen) atoms. The van der Waals surface area contributed by atoms with Gasteiger partial charge >= 0.3 is 0 Å². The third kappa shape index (κ3) is 5.10. The smallest absolute Gasteiger partial charge is 0.132 e. The molecule has 1 N–H and O–H groups in total. The largest absolute Gasteiger partial charge is 0.496 e. The minimum Gasteiger partial charge on any atom is -0.496 e. The Morgan fingerprint density at radius 2 is 1.90 bits per heavy atom. The monoisotopic (exact) mass is 283 g/mol. The van der Waals surface area contributed by atoms with Crippen LogP contribution in [-0.4, -0.2) is 37.3 Å². The van der Waals surface area contributed by atoms with E-state index in [4.69, 9.17) is 4.74 Å². The SMILES string of the molecule is COc1cccc(F)c1C(O)CCN(C)CCC(C)C. The zero-order chi connectivity index (χ0) is 15.1. The van der Waals surface area contributed by atoms with Crippen molar-refractivity contribution in [3.8, 4) is 5.75 Å². The number of halogens is 1. The topological polar surface area (TPSA) is 32.7 Å². The van der Waals surface area contributed by atoms with Crippen LogP contribution in [0.25, 0.3) is 0 Å². The molecule has 0 heterocycles. The van der Waals surface area contributed by atoms with Gasteiger partial charge in [0, 0.05) is 6.54 Å². The van der Waals surface area contributed by atoms with E-state index < -0.39 is 11.9 Å². The summed E-state index contributed by atoms with van der Waals surface area (Å²) in [6.07, 6.45) is 0.772. The molecule has 1 atom stereocenters. The number of methoxy groups -OCH3 is 1. The summed E-state index contributed by atoms with van der Waals surface area (Å²) in [5.74, 6) is 0.651. The lowest BCUT2D eigenvalue weighted by Crippen LogP contribution is -2.23. The zero-order valence-corrected chi connectivity index (χ0v) is 12.9. The van der Waals surface area contributed by atoms with Crippen LogP contribution in [0.1, 0.15) is 38.4 Å². The predicted molar refractivity (Wildman–Crippen MR) is 79.5 cm³/mol. The number of rotatable bonds is 8. The Hall–Kier alpha value is -1.13. The molecule has 0 saturated heterocycles. The van der Waals surface area contributed by atoms with Gasteiger partial charge in [0.05, 0.1) is 18.8 Å². The van der Waals surface area contributed by atoms with E-state index in [9.17, 15) is 9.50 Å². The summed E-state index contributed by atoms with van der Waals surface area (Å²) < 4.78 is 18.9. The molecular formula is C16H26FNO2. The summed E-state index contributed by atoms with van der Waals surface area (Å²) in [5.41, 5.74) is 0.257. The Kier molecular flexibility index (Phi) is 6.96. The van der Waals surface area contributed by atoms with Crippen molar-refractivity contribution in [3.05, 3.63) is 29.6 Å². The normalized spacial score (nSPS) is 13.0. The van der Waals surface area contributed by atoms with E-state index in [2.05, 4.69) is 18.7 Å². The van der Waals surface area contributed by atoms with Crippen LogP contribution in [0.4, 0.5) is 4.39 Å². The summed E-state index contributed by atoms with van der Waals surface area (Å²) in [6.45, 7) is 6.09. The first-order valence-electron chi connectivity index (χ1n) is 7.14. The summed E-state index contributed by atoms with van der Waals surface area (Å²) >= 11 is 0. The fourth-order valence-electron chi connectivity index (χ4n) is 2.10. The molecular weight excluding hydrogens is 257 g/mol. The van der Waals surface area contributed by atoms with Gasteiger partial charge in [-0.25, -0.2) is 4.39 Å². The highest BCUT2D eigenvalue weighted by Crippen LogP contribution is 2.29. The maximum Gasteiger partial charge on any atom is 0.132 e. The first-order valence-corrected chi connectivity index (χ1v) is 7.14. The van der Waals surface area contributed by atoms with Crippen LogP contribution < -0.4 is 4.74 Å². The van der Waals surface area contributed by atoms with E-state index in [0.29, 0.717) is 18.1 Å². The molecule has 0 bridgehead atoms. The molecule has 4 heteroatoms. The molecule has 114 valence electrons. The van der Waals surface area contributed by atoms with Gasteiger partial charge in [-0.1, -0.05) is 19.9 Å². The van der Waals surface area contributed by atoms with Gasteiger partial charge in [-0.15, -0.1) is 0 Å². The lowest BCUT2D eigenvalue weighted by atomic mass is 10.0. The molecule has 3 nitrogen and oxygen atoms in total. The number of benzene rings is 1. The molecule has 1 aromatic rings. The van der Waals surface area contributed by atoms with E-state index in [-0.39, 0.29) is 5.56 Å². The molecule has 1 aromatic carbocycles. The molecule has 0 aliphatic heterocycles. The van der Waals surface area contributed by atoms with E-state index in [1.54, 1.807) is 12.1 Å². The number of hydrogen-bond acceptors (Lipinski definition) is 3. The van der Waals surface area contributed by atoms with Crippen molar-refractivity contribution < 1.29 is 14.2 Å². The summed E-state index contributed by atoms with van der Waals surface area (Å²) in [6, 6.07) is 4.60. The van der Waals surface area contributed by atoms with Crippen molar-refractivity contribution in [2.24, 2.45) is 5.92 Å². The standard InChI is InChI=1S/C16H26FNO2/c1-12(2)8-10-18(3)11-9-14(19)16-13(17)6-5-7-15(16)20-4/h5-7,12,14,19H,8-11H2,1-4H3. The third-order valence-electron chi connectivity index (χ3n) is 3.44. The highest BCUT2D eigenvalue weighted by Gasteiger charge is 2.18. The molecule has 0 aliphatic rings. The Morgan fingerprint density at radius 1 is 1.25 bits per heavy atom. The van der Waals surface area contributed by atoms with Crippen LogP contribution in [0.2, 0.25) is 0 Å². The quantitative estimate of drug-likeness (QED) is 0.795. The minimum absolute atomic E-state index is 0.257. The molecule has 0 saturated carbocycles. The van der Waals surface area contributed by atoms with Crippen molar-refractivity contribution in [2.45, 2.75) is 32.8 Å². The molecule has 0 spiro atoms. The minimum atomic E-state index is -0.840. The van der Waals surface area contributed by atoms with E-state index in [0.717, 1.165) is 19.5 Å². The van der Waals surface area contributed by atoms with Crippen LogP contribution in [0.3, 0.4) is 0 Å². The summed E-state index contributed by atoms with van der Waals surface area (Å²) in [4.78, 5) is 2.16. The predicted octanol–water partition coefficient (Wildman–Crippen LogP) is 3.24. The van der Waals surface area contributed by atoms with Gasteiger partial charge in [-0.05, 0) is 44.5 Å². The van der Waals surface area contributed by atoms with E-state index in [1.165, 1.54) is 13.2 Å². The second kappa shape index (κ2) is 8.22. The number of nitrogens with zero attached hydrogens (tertiary/aromatic N) is 1. The van der Waals surface area contributed by atoms with Crippen molar-refractivity contribution >= 4 is 0 Å². The first-order chi connectivity index (χ1) is 9.45. The zero-order valence-electron chi connectivity index (χ0n) is 12.9. The van der Waals surface area contributed by atoms with Crippen molar-refractivity contribution in [1.29, 1.82) is 0 Å². The lowest BCUT2D eigenvalue weighted by molar-refractivity contribution is 0.140. The fourth-order valence-corrected chi connectivity index (χ4v) is 2.10. The van der Waals surface area contributed by atoms with Gasteiger partial charge < -0.3 is 14.7 Å². The molecule has 1 unspecified atom stereocenters. The molecule has 0 fully saturated rings. The molecule has 1 rings (SSSR count). The first kappa shape index (κ1) is 16.9. The Morgan fingerprint density at radius 3 is 2.50 bits per heavy atom. The second-order valence-corrected chi connectivity index (χ2v) is 5.65. The van der Waals surface area contributed by atoms with Crippen molar-refractivity contribution in [1.82, 2.24) is 4.90 Å². The Labute approximate surface area is 121 Å². The van der Waals surface area contributed by atoms with Gasteiger partial charge in [0.15, 0.2) is 0 Å². The maximum atomic E-state index is 13.8. The average molecular weight is 283 g/mol. The van der Waals surface area contributed by atoms with E-state index in [1.807, 2.05) is 7.05 Å². The van der Waals surface area contributed by atoms with Crippen LogP contribution in [0.5, 0.6) is 5.75 Å². The van der Waals surface area contributed by atoms with Crippen LogP contribution in [0, 0.1) is 11.7 Å². The van der Waals surface area contributed by atoms with Gasteiger partial charge in [0.25, 0.3) is 0 Å². The Balaban J connectivity index is 2.56. The van der Waals surface area contributed by atoms with Gasteiger partial charge in [-0.2, -0.15) is 0 Å². The van der Waals surface area contributed by atoms with Crippen LogP contribution in [-0.2, 0) is 0 Å². The highest BCUT2D eigenvalue weighted by molar-refractivity contribution is 5.36. The number of hydrogen-bond donors (Lipinski definition) is 1. The highest BCUT2D eigenvalue weighted by atomic mass is 19.1. The van der Waals surface area contributed by atoms with Crippen molar-refractivity contribution in [2.75, 3.05) is 27.2 Å². The number of aliphatic hydroxyl groups excluding tert-OH is 1.